The van der Waals surface area contributed by atoms with E-state index in [2.05, 4.69) is 68.6 Å². The average Bonchev–Trinajstić information content (AvgIpc) is 2.79. The Labute approximate surface area is 122 Å². The lowest BCUT2D eigenvalue weighted by molar-refractivity contribution is 0.554. The predicted octanol–water partition coefficient (Wildman–Crippen LogP) is 3.49. The molecule has 0 unspecified atom stereocenters. The number of nitrogens with one attached hydrogen (secondary N) is 1. The summed E-state index contributed by atoms with van der Waals surface area (Å²) >= 11 is 0. The van der Waals surface area contributed by atoms with Gasteiger partial charge in [0.2, 0.25) is 0 Å². The van der Waals surface area contributed by atoms with Gasteiger partial charge in [-0.15, -0.1) is 0 Å². The van der Waals surface area contributed by atoms with Crippen LogP contribution in [0.15, 0.2) is 30.5 Å². The second kappa shape index (κ2) is 5.80. The second-order valence-electron chi connectivity index (χ2n) is 6.25. The lowest BCUT2D eigenvalue weighted by atomic mass is 9.86. The fraction of sp³-hybridized carbons (Fsp3) is 0.471. The van der Waals surface area contributed by atoms with E-state index in [0.29, 0.717) is 0 Å². The van der Waals surface area contributed by atoms with Crippen LogP contribution in [0.1, 0.15) is 39.0 Å². The molecule has 1 N–H and O–H groups in total. The molecular formula is C17H25N3. The number of benzene rings is 1. The standard InChI is InChI=1S/C17H25N3/c1-6-18-11-13-9-7-8-10-14(13)15-12-20(5)19-16(15)17(2,3)4/h7-10,12,18H,6,11H2,1-5H3. The topological polar surface area (TPSA) is 29.9 Å². The molecular weight excluding hydrogens is 246 g/mol. The summed E-state index contributed by atoms with van der Waals surface area (Å²) in [5.41, 5.74) is 5.05. The van der Waals surface area contributed by atoms with Crippen LogP contribution in [0.4, 0.5) is 0 Å². The molecule has 0 aliphatic heterocycles. The van der Waals surface area contributed by atoms with E-state index in [1.54, 1.807) is 0 Å². The van der Waals surface area contributed by atoms with Gasteiger partial charge in [0.15, 0.2) is 0 Å². The largest absolute Gasteiger partial charge is 0.313 e. The summed E-state index contributed by atoms with van der Waals surface area (Å²) in [6.45, 7) is 10.6. The van der Waals surface area contributed by atoms with Gasteiger partial charge in [0.1, 0.15) is 0 Å². The van der Waals surface area contributed by atoms with E-state index in [9.17, 15) is 0 Å². The zero-order chi connectivity index (χ0) is 14.8. The van der Waals surface area contributed by atoms with Gasteiger partial charge in [-0.1, -0.05) is 52.0 Å². The molecule has 3 heteroatoms. The minimum atomic E-state index is 0.0435. The van der Waals surface area contributed by atoms with Crippen LogP contribution in [-0.2, 0) is 19.0 Å². The molecule has 0 bridgehead atoms. The molecule has 0 aliphatic carbocycles. The first-order valence-corrected chi connectivity index (χ1v) is 7.26. The third kappa shape index (κ3) is 3.10. The van der Waals surface area contributed by atoms with Crippen LogP contribution < -0.4 is 5.32 Å². The summed E-state index contributed by atoms with van der Waals surface area (Å²) in [5, 5.41) is 8.09. The van der Waals surface area contributed by atoms with Gasteiger partial charge in [-0.2, -0.15) is 5.10 Å². The Hall–Kier alpha value is -1.61. The van der Waals surface area contributed by atoms with E-state index in [0.717, 1.165) is 18.8 Å². The van der Waals surface area contributed by atoms with Gasteiger partial charge in [-0.25, -0.2) is 0 Å². The molecule has 2 rings (SSSR count). The van der Waals surface area contributed by atoms with E-state index in [4.69, 9.17) is 0 Å². The molecule has 20 heavy (non-hydrogen) atoms. The van der Waals surface area contributed by atoms with Crippen molar-refractivity contribution in [1.82, 2.24) is 15.1 Å². The van der Waals surface area contributed by atoms with E-state index in [1.165, 1.54) is 16.7 Å². The molecule has 0 fully saturated rings. The Morgan fingerprint density at radius 3 is 2.50 bits per heavy atom. The molecule has 108 valence electrons. The molecule has 3 nitrogen and oxygen atoms in total. The monoisotopic (exact) mass is 271 g/mol. The van der Waals surface area contributed by atoms with Gasteiger partial charge in [-0.05, 0) is 17.7 Å². The van der Waals surface area contributed by atoms with E-state index in [-0.39, 0.29) is 5.41 Å². The highest BCUT2D eigenvalue weighted by atomic mass is 15.3. The molecule has 0 saturated carbocycles. The summed E-state index contributed by atoms with van der Waals surface area (Å²) in [4.78, 5) is 0. The van der Waals surface area contributed by atoms with Gasteiger partial charge in [0.05, 0.1) is 5.69 Å². The van der Waals surface area contributed by atoms with Gasteiger partial charge >= 0.3 is 0 Å². The molecule has 0 atom stereocenters. The maximum atomic E-state index is 4.68. The first-order valence-electron chi connectivity index (χ1n) is 7.26. The van der Waals surface area contributed by atoms with Crippen LogP contribution in [0.2, 0.25) is 0 Å². The summed E-state index contributed by atoms with van der Waals surface area (Å²) in [6, 6.07) is 8.59. The molecule has 0 amide bonds. The second-order valence-corrected chi connectivity index (χ2v) is 6.25. The van der Waals surface area contributed by atoms with Gasteiger partial charge in [-0.3, -0.25) is 4.68 Å². The maximum Gasteiger partial charge on any atom is 0.0756 e. The zero-order valence-corrected chi connectivity index (χ0v) is 13.2. The first-order chi connectivity index (χ1) is 9.43. The van der Waals surface area contributed by atoms with Crippen LogP contribution in [0.25, 0.3) is 11.1 Å². The Bertz CT molecular complexity index is 576. The van der Waals surface area contributed by atoms with Crippen LogP contribution in [0.3, 0.4) is 0 Å². The number of aryl methyl sites for hydroxylation is 1. The third-order valence-corrected chi connectivity index (χ3v) is 3.41. The lowest BCUT2D eigenvalue weighted by Gasteiger charge is -2.19. The lowest BCUT2D eigenvalue weighted by Crippen LogP contribution is -2.15. The van der Waals surface area contributed by atoms with Crippen molar-refractivity contribution in [2.75, 3.05) is 6.54 Å². The number of hydrogen-bond acceptors (Lipinski definition) is 2. The van der Waals surface area contributed by atoms with Crippen molar-refractivity contribution in [2.24, 2.45) is 7.05 Å². The molecule has 0 saturated heterocycles. The van der Waals surface area contributed by atoms with Crippen LogP contribution >= 0.6 is 0 Å². The summed E-state index contributed by atoms with van der Waals surface area (Å²) in [5.74, 6) is 0. The summed E-state index contributed by atoms with van der Waals surface area (Å²) in [6.07, 6.45) is 2.13. The number of nitrogens with zero attached hydrogens (tertiary/aromatic N) is 2. The first kappa shape index (κ1) is 14.8. The number of hydrogen-bond donors (Lipinski definition) is 1. The minimum Gasteiger partial charge on any atom is -0.313 e. The Morgan fingerprint density at radius 2 is 1.85 bits per heavy atom. The molecule has 0 spiro atoms. The van der Waals surface area contributed by atoms with Crippen molar-refractivity contribution >= 4 is 0 Å². The molecule has 1 heterocycles. The minimum absolute atomic E-state index is 0.0435. The quantitative estimate of drug-likeness (QED) is 0.922. The van der Waals surface area contributed by atoms with Crippen molar-refractivity contribution in [3.63, 3.8) is 0 Å². The highest BCUT2D eigenvalue weighted by Gasteiger charge is 2.23. The summed E-state index contributed by atoms with van der Waals surface area (Å²) < 4.78 is 1.92. The Morgan fingerprint density at radius 1 is 1.15 bits per heavy atom. The fourth-order valence-electron chi connectivity index (χ4n) is 2.44. The van der Waals surface area contributed by atoms with E-state index >= 15 is 0 Å². The number of rotatable bonds is 4. The van der Waals surface area contributed by atoms with Crippen molar-refractivity contribution in [2.45, 2.75) is 39.7 Å². The molecule has 0 radical (unpaired) electrons. The molecule has 2 aromatic rings. The van der Waals surface area contributed by atoms with Crippen LogP contribution in [0.5, 0.6) is 0 Å². The predicted molar refractivity (Wildman–Crippen MR) is 84.7 cm³/mol. The highest BCUT2D eigenvalue weighted by molar-refractivity contribution is 5.70. The van der Waals surface area contributed by atoms with Gasteiger partial charge < -0.3 is 5.32 Å². The molecule has 0 aliphatic rings. The van der Waals surface area contributed by atoms with Crippen LogP contribution in [0, 0.1) is 0 Å². The average molecular weight is 271 g/mol. The smallest absolute Gasteiger partial charge is 0.0756 e. The number of aromatic nitrogens is 2. The van der Waals surface area contributed by atoms with Crippen molar-refractivity contribution in [1.29, 1.82) is 0 Å². The fourth-order valence-corrected chi connectivity index (χ4v) is 2.44. The zero-order valence-electron chi connectivity index (χ0n) is 13.2. The highest BCUT2D eigenvalue weighted by Crippen LogP contribution is 2.33. The molecule has 1 aromatic heterocycles. The third-order valence-electron chi connectivity index (χ3n) is 3.41. The SMILES string of the molecule is CCNCc1ccccc1-c1cn(C)nc1C(C)(C)C. The van der Waals surface area contributed by atoms with Gasteiger partial charge in [0, 0.05) is 30.8 Å². The van der Waals surface area contributed by atoms with E-state index in [1.807, 2.05) is 11.7 Å². The summed E-state index contributed by atoms with van der Waals surface area (Å²) in [7, 11) is 1.99. The van der Waals surface area contributed by atoms with Crippen molar-refractivity contribution < 1.29 is 0 Å². The molecule has 1 aromatic carbocycles. The van der Waals surface area contributed by atoms with Crippen molar-refractivity contribution in [3.05, 3.63) is 41.7 Å². The van der Waals surface area contributed by atoms with Gasteiger partial charge in [0.25, 0.3) is 0 Å². The normalized spacial score (nSPS) is 11.8. The Balaban J connectivity index is 2.52. The van der Waals surface area contributed by atoms with Crippen molar-refractivity contribution in [3.8, 4) is 11.1 Å². The maximum absolute atomic E-state index is 4.68. The van der Waals surface area contributed by atoms with Crippen LogP contribution in [-0.4, -0.2) is 16.3 Å². The Kier molecular flexibility index (Phi) is 4.29. The van der Waals surface area contributed by atoms with E-state index < -0.39 is 0 Å².